The molecule has 2 aromatic heterocycles. The molecule has 0 amide bonds. The molecular weight excluding hydrogens is 310 g/mol. The first kappa shape index (κ1) is 15.4. The fourth-order valence-electron chi connectivity index (χ4n) is 3.18. The Morgan fingerprint density at radius 1 is 1.00 bits per heavy atom. The van der Waals surface area contributed by atoms with Gasteiger partial charge in [-0.15, -0.1) is 0 Å². The van der Waals surface area contributed by atoms with E-state index in [-0.39, 0.29) is 5.56 Å². The highest BCUT2D eigenvalue weighted by Gasteiger charge is 2.14. The van der Waals surface area contributed by atoms with E-state index >= 15 is 0 Å². The van der Waals surface area contributed by atoms with Gasteiger partial charge in [0.15, 0.2) is 0 Å². The van der Waals surface area contributed by atoms with Gasteiger partial charge in [0, 0.05) is 11.3 Å². The predicted octanol–water partition coefficient (Wildman–Crippen LogP) is 4.06. The van der Waals surface area contributed by atoms with Crippen LogP contribution in [0.15, 0.2) is 65.5 Å². The maximum Gasteiger partial charge on any atom is 0.263 e. The second kappa shape index (κ2) is 6.06. The van der Waals surface area contributed by atoms with Crippen LogP contribution < -0.4 is 5.56 Å². The number of aromatic nitrogens is 3. The summed E-state index contributed by atoms with van der Waals surface area (Å²) in [4.78, 5) is 21.1. The molecule has 0 aliphatic carbocycles. The van der Waals surface area contributed by atoms with Crippen molar-refractivity contribution in [2.24, 2.45) is 0 Å². The molecule has 4 aromatic rings. The number of benzene rings is 2. The van der Waals surface area contributed by atoms with Crippen LogP contribution in [0.4, 0.5) is 0 Å². The van der Waals surface area contributed by atoms with E-state index in [2.05, 4.69) is 24.0 Å². The average molecular weight is 329 g/mol. The summed E-state index contributed by atoms with van der Waals surface area (Å²) >= 11 is 0. The van der Waals surface area contributed by atoms with Gasteiger partial charge >= 0.3 is 0 Å². The zero-order chi connectivity index (χ0) is 17.4. The number of hydrogen-bond acceptors (Lipinski definition) is 2. The molecule has 4 nitrogen and oxygen atoms in total. The fourth-order valence-corrected chi connectivity index (χ4v) is 3.18. The predicted molar refractivity (Wildman–Crippen MR) is 101 cm³/mol. The molecule has 0 spiro atoms. The Morgan fingerprint density at radius 2 is 1.80 bits per heavy atom. The number of H-pyrrole nitrogens is 1. The van der Waals surface area contributed by atoms with E-state index in [9.17, 15) is 4.79 Å². The van der Waals surface area contributed by atoms with Gasteiger partial charge in [-0.2, -0.15) is 0 Å². The fraction of sp³-hybridized carbons (Fsp3) is 0.143. The van der Waals surface area contributed by atoms with Crippen LogP contribution in [0.2, 0.25) is 0 Å². The van der Waals surface area contributed by atoms with Crippen molar-refractivity contribution in [3.05, 3.63) is 87.8 Å². The highest BCUT2D eigenvalue weighted by atomic mass is 16.1. The Balaban J connectivity index is 1.96. The van der Waals surface area contributed by atoms with Crippen LogP contribution in [0, 0.1) is 13.8 Å². The minimum Gasteiger partial charge on any atom is -0.343 e. The highest BCUT2D eigenvalue weighted by Crippen LogP contribution is 2.20. The molecule has 1 N–H and O–H groups in total. The van der Waals surface area contributed by atoms with Gasteiger partial charge in [0.2, 0.25) is 0 Å². The molecule has 2 heterocycles. The lowest BCUT2D eigenvalue weighted by Crippen LogP contribution is -2.23. The van der Waals surface area contributed by atoms with E-state index in [1.165, 1.54) is 5.56 Å². The summed E-state index contributed by atoms with van der Waals surface area (Å²) in [6.45, 7) is 4.49. The van der Waals surface area contributed by atoms with Gasteiger partial charge in [0.05, 0.1) is 11.9 Å². The number of nitrogens with one attached hydrogen (secondary N) is 1. The van der Waals surface area contributed by atoms with Crippen molar-refractivity contribution in [3.8, 4) is 11.4 Å². The van der Waals surface area contributed by atoms with Gasteiger partial charge in [0.25, 0.3) is 5.56 Å². The van der Waals surface area contributed by atoms with Crippen molar-refractivity contribution in [1.82, 2.24) is 14.5 Å². The van der Waals surface area contributed by atoms with Crippen molar-refractivity contribution >= 4 is 11.0 Å². The maximum absolute atomic E-state index is 13.1. The summed E-state index contributed by atoms with van der Waals surface area (Å²) in [6.07, 6.45) is 0. The van der Waals surface area contributed by atoms with Crippen molar-refractivity contribution in [2.75, 3.05) is 0 Å². The van der Waals surface area contributed by atoms with Crippen LogP contribution in [0.5, 0.6) is 0 Å². The molecule has 0 fully saturated rings. The van der Waals surface area contributed by atoms with E-state index in [0.717, 1.165) is 16.8 Å². The highest BCUT2D eigenvalue weighted by molar-refractivity contribution is 5.78. The first-order valence-corrected chi connectivity index (χ1v) is 8.33. The van der Waals surface area contributed by atoms with Gasteiger partial charge in [-0.1, -0.05) is 60.2 Å². The Labute approximate surface area is 145 Å². The van der Waals surface area contributed by atoms with Crippen LogP contribution in [0.3, 0.4) is 0 Å². The molecule has 0 bridgehead atoms. The summed E-state index contributed by atoms with van der Waals surface area (Å²) in [5, 5.41) is 0.629. The summed E-state index contributed by atoms with van der Waals surface area (Å²) < 4.78 is 1.76. The molecule has 0 radical (unpaired) electrons. The topological polar surface area (TPSA) is 50.7 Å². The molecule has 0 unspecified atom stereocenters. The standard InChI is InChI=1S/C21H19N3O/c1-14-7-6-8-16(11-14)13-24-20(17-9-4-3-5-10-17)23-19-18(21(24)25)12-15(2)22-19/h3-12,22H,13H2,1-2H3. The van der Waals surface area contributed by atoms with Gasteiger partial charge in [-0.3, -0.25) is 9.36 Å². The number of rotatable bonds is 3. The molecule has 0 aliphatic heterocycles. The molecule has 0 saturated heterocycles. The van der Waals surface area contributed by atoms with Crippen LogP contribution in [0.25, 0.3) is 22.4 Å². The third-order valence-corrected chi connectivity index (χ3v) is 4.34. The first-order chi connectivity index (χ1) is 12.1. The van der Waals surface area contributed by atoms with Gasteiger partial charge in [0.1, 0.15) is 11.5 Å². The lowest BCUT2D eigenvalue weighted by Gasteiger charge is -2.13. The van der Waals surface area contributed by atoms with Crippen LogP contribution in [-0.2, 0) is 6.54 Å². The van der Waals surface area contributed by atoms with Crippen molar-refractivity contribution in [3.63, 3.8) is 0 Å². The van der Waals surface area contributed by atoms with E-state index in [1.54, 1.807) is 4.57 Å². The Kier molecular flexibility index (Phi) is 3.73. The second-order valence-corrected chi connectivity index (χ2v) is 6.40. The molecule has 4 heteroatoms. The monoisotopic (exact) mass is 329 g/mol. The van der Waals surface area contributed by atoms with Crippen LogP contribution >= 0.6 is 0 Å². The molecular formula is C21H19N3O. The Morgan fingerprint density at radius 3 is 2.56 bits per heavy atom. The quantitative estimate of drug-likeness (QED) is 0.616. The molecule has 0 atom stereocenters. The number of nitrogens with zero attached hydrogens (tertiary/aromatic N) is 2. The zero-order valence-electron chi connectivity index (χ0n) is 14.3. The molecule has 2 aromatic carbocycles. The molecule has 25 heavy (non-hydrogen) atoms. The third-order valence-electron chi connectivity index (χ3n) is 4.34. The lowest BCUT2D eigenvalue weighted by atomic mass is 10.1. The smallest absolute Gasteiger partial charge is 0.263 e. The Hall–Kier alpha value is -3.14. The van der Waals surface area contributed by atoms with Gasteiger partial charge < -0.3 is 4.98 Å². The molecule has 124 valence electrons. The zero-order valence-corrected chi connectivity index (χ0v) is 14.3. The number of aromatic amines is 1. The van der Waals surface area contributed by atoms with Crippen molar-refractivity contribution in [2.45, 2.75) is 20.4 Å². The van der Waals surface area contributed by atoms with E-state index in [0.29, 0.717) is 23.4 Å². The van der Waals surface area contributed by atoms with E-state index in [1.807, 2.05) is 55.5 Å². The maximum atomic E-state index is 13.1. The summed E-state index contributed by atoms with van der Waals surface area (Å²) in [6, 6.07) is 19.9. The summed E-state index contributed by atoms with van der Waals surface area (Å²) in [5.74, 6) is 0.682. The molecule has 0 saturated carbocycles. The average Bonchev–Trinajstić information content (AvgIpc) is 2.99. The summed E-state index contributed by atoms with van der Waals surface area (Å²) in [5.41, 5.74) is 4.76. The van der Waals surface area contributed by atoms with E-state index < -0.39 is 0 Å². The lowest BCUT2D eigenvalue weighted by molar-refractivity contribution is 0.758. The number of fused-ring (bicyclic) bond motifs is 1. The minimum absolute atomic E-state index is 0.0188. The Bertz CT molecular complexity index is 1110. The summed E-state index contributed by atoms with van der Waals surface area (Å²) in [7, 11) is 0. The van der Waals surface area contributed by atoms with Gasteiger partial charge in [-0.05, 0) is 25.5 Å². The largest absolute Gasteiger partial charge is 0.343 e. The normalized spacial score (nSPS) is 11.1. The number of hydrogen-bond donors (Lipinski definition) is 1. The van der Waals surface area contributed by atoms with Crippen molar-refractivity contribution in [1.29, 1.82) is 0 Å². The van der Waals surface area contributed by atoms with Crippen molar-refractivity contribution < 1.29 is 0 Å². The molecule has 0 aliphatic rings. The van der Waals surface area contributed by atoms with E-state index in [4.69, 9.17) is 4.98 Å². The third kappa shape index (κ3) is 2.87. The number of aryl methyl sites for hydroxylation is 2. The second-order valence-electron chi connectivity index (χ2n) is 6.40. The SMILES string of the molecule is Cc1cccc(Cn2c(-c3ccccc3)nc3[nH]c(C)cc3c2=O)c1. The minimum atomic E-state index is -0.0188. The van der Waals surface area contributed by atoms with Crippen LogP contribution in [-0.4, -0.2) is 14.5 Å². The van der Waals surface area contributed by atoms with Crippen LogP contribution in [0.1, 0.15) is 16.8 Å². The molecule has 4 rings (SSSR count). The van der Waals surface area contributed by atoms with Gasteiger partial charge in [-0.25, -0.2) is 4.98 Å². The first-order valence-electron chi connectivity index (χ1n) is 8.33.